The molecule has 2 atom stereocenters. The molecule has 0 radical (unpaired) electrons. The monoisotopic (exact) mass is 470 g/mol. The number of morpholine rings is 1. The molecule has 8 nitrogen and oxygen atoms in total. The molecule has 0 unspecified atom stereocenters. The van der Waals surface area contributed by atoms with Crippen molar-refractivity contribution in [2.24, 2.45) is 5.41 Å². The van der Waals surface area contributed by atoms with E-state index in [9.17, 15) is 18.4 Å². The van der Waals surface area contributed by atoms with Crippen LogP contribution < -0.4 is 4.90 Å². The number of nitriles is 1. The molecule has 11 heteroatoms. The van der Waals surface area contributed by atoms with Crippen LogP contribution in [0.2, 0.25) is 0 Å². The normalized spacial score (nSPS) is 27.1. The lowest BCUT2D eigenvalue weighted by Crippen LogP contribution is -2.35. The molecule has 34 heavy (non-hydrogen) atoms. The maximum atomic E-state index is 14.4. The number of fused-ring (bicyclic) bond motifs is 2. The smallest absolute Gasteiger partial charge is 0.397 e. The van der Waals surface area contributed by atoms with Gasteiger partial charge in [0.25, 0.3) is 0 Å². The first-order valence-corrected chi connectivity index (χ1v) is 11.1. The van der Waals surface area contributed by atoms with Gasteiger partial charge < -0.3 is 14.1 Å². The first-order chi connectivity index (χ1) is 16.4. The molecule has 4 heterocycles. The minimum absolute atomic E-state index is 0.0478. The Hall–Kier alpha value is -3.23. The highest BCUT2D eigenvalue weighted by Crippen LogP contribution is 2.75. The Morgan fingerprint density at radius 2 is 1.94 bits per heavy atom. The number of hydrogen-bond donors (Lipinski definition) is 0. The zero-order valence-corrected chi connectivity index (χ0v) is 18.2. The Morgan fingerprint density at radius 3 is 2.71 bits per heavy atom. The standard InChI is InChI=1S/C23H21F3N6O2/c24-23(25,26)22-12-21(22,20-30-29-18(34-20)11-31-6-8-33-9-7-31)13-32(14-22)17-4-3-15(10-27)19-16(17)2-1-5-28-19/h1-5H,6-9,11-14H2/t21-,22-/m0/s1. The minimum atomic E-state index is -4.43. The highest BCUT2D eigenvalue weighted by molar-refractivity contribution is 5.95. The molecular weight excluding hydrogens is 449 g/mol. The fraction of sp³-hybridized carbons (Fsp3) is 0.478. The van der Waals surface area contributed by atoms with Gasteiger partial charge in [0, 0.05) is 43.4 Å². The number of alkyl halides is 3. The van der Waals surface area contributed by atoms with Gasteiger partial charge in [0.1, 0.15) is 11.5 Å². The Labute approximate surface area is 192 Å². The van der Waals surface area contributed by atoms with Gasteiger partial charge in [-0.25, -0.2) is 0 Å². The summed E-state index contributed by atoms with van der Waals surface area (Å²) in [5.74, 6) is 0.368. The van der Waals surface area contributed by atoms with E-state index < -0.39 is 17.0 Å². The number of ether oxygens (including phenoxy) is 1. The summed E-state index contributed by atoms with van der Waals surface area (Å²) in [6.07, 6.45) is -2.94. The third kappa shape index (κ3) is 3.02. The predicted octanol–water partition coefficient (Wildman–Crippen LogP) is 3.03. The van der Waals surface area contributed by atoms with Crippen LogP contribution in [0.3, 0.4) is 0 Å². The second-order valence-corrected chi connectivity index (χ2v) is 9.23. The summed E-state index contributed by atoms with van der Waals surface area (Å²) in [4.78, 5) is 8.09. The molecule has 2 saturated heterocycles. The van der Waals surface area contributed by atoms with Gasteiger partial charge in [-0.3, -0.25) is 9.88 Å². The van der Waals surface area contributed by atoms with Crippen molar-refractivity contribution in [2.75, 3.05) is 44.3 Å². The average Bonchev–Trinajstić information content (AvgIpc) is 3.13. The highest BCUT2D eigenvalue weighted by Gasteiger charge is 2.86. The fourth-order valence-electron chi connectivity index (χ4n) is 5.56. The number of benzene rings is 1. The van der Waals surface area contributed by atoms with Crippen molar-refractivity contribution in [1.82, 2.24) is 20.1 Å². The molecule has 176 valence electrons. The maximum absolute atomic E-state index is 14.4. The molecule has 3 fully saturated rings. The Bertz CT molecular complexity index is 1300. The molecule has 1 aromatic carbocycles. The van der Waals surface area contributed by atoms with Gasteiger partial charge in [0.15, 0.2) is 0 Å². The number of hydrogen-bond acceptors (Lipinski definition) is 8. The molecule has 0 amide bonds. The fourth-order valence-corrected chi connectivity index (χ4v) is 5.56. The van der Waals surface area contributed by atoms with E-state index in [-0.39, 0.29) is 25.4 Å². The minimum Gasteiger partial charge on any atom is -0.423 e. The topological polar surface area (TPSA) is 91.3 Å². The van der Waals surface area contributed by atoms with Crippen LogP contribution in [0.25, 0.3) is 10.9 Å². The van der Waals surface area contributed by atoms with E-state index in [0.717, 1.165) is 0 Å². The van der Waals surface area contributed by atoms with E-state index in [1.165, 1.54) is 0 Å². The first-order valence-electron chi connectivity index (χ1n) is 11.1. The second-order valence-electron chi connectivity index (χ2n) is 9.23. The highest BCUT2D eigenvalue weighted by atomic mass is 19.4. The van der Waals surface area contributed by atoms with Crippen molar-refractivity contribution >= 4 is 16.6 Å². The lowest BCUT2D eigenvalue weighted by Gasteiger charge is -2.25. The zero-order valence-electron chi connectivity index (χ0n) is 18.2. The van der Waals surface area contributed by atoms with Gasteiger partial charge in [0.2, 0.25) is 11.8 Å². The summed E-state index contributed by atoms with van der Waals surface area (Å²) in [5, 5.41) is 18.2. The Kier molecular flexibility index (Phi) is 4.63. The molecule has 0 N–H and O–H groups in total. The van der Waals surface area contributed by atoms with E-state index >= 15 is 0 Å². The number of piperidine rings is 1. The first kappa shape index (κ1) is 21.3. The molecule has 6 rings (SSSR count). The zero-order chi connectivity index (χ0) is 23.6. The third-order valence-electron chi connectivity index (χ3n) is 7.41. The van der Waals surface area contributed by atoms with Gasteiger partial charge in [-0.05, 0) is 30.7 Å². The van der Waals surface area contributed by atoms with Crippen molar-refractivity contribution in [3.8, 4) is 6.07 Å². The molecule has 0 bridgehead atoms. The van der Waals surface area contributed by atoms with Crippen molar-refractivity contribution < 1.29 is 22.3 Å². The largest absolute Gasteiger partial charge is 0.423 e. The van der Waals surface area contributed by atoms with E-state index in [1.54, 1.807) is 35.4 Å². The summed E-state index contributed by atoms with van der Waals surface area (Å²) in [5.41, 5.74) is -1.77. The van der Waals surface area contributed by atoms with Crippen LogP contribution in [0.5, 0.6) is 0 Å². The average molecular weight is 470 g/mol. The quantitative estimate of drug-likeness (QED) is 0.575. The number of rotatable bonds is 4. The van der Waals surface area contributed by atoms with Crippen LogP contribution in [-0.4, -0.2) is 65.7 Å². The van der Waals surface area contributed by atoms with E-state index in [4.69, 9.17) is 9.15 Å². The second kappa shape index (κ2) is 7.38. The lowest BCUT2D eigenvalue weighted by molar-refractivity contribution is -0.187. The van der Waals surface area contributed by atoms with E-state index in [2.05, 4.69) is 26.2 Å². The number of anilines is 1. The van der Waals surface area contributed by atoms with Crippen molar-refractivity contribution in [3.63, 3.8) is 0 Å². The van der Waals surface area contributed by atoms with Gasteiger partial charge in [-0.1, -0.05) is 0 Å². The van der Waals surface area contributed by atoms with Gasteiger partial charge in [0.05, 0.1) is 36.3 Å². The van der Waals surface area contributed by atoms with Crippen LogP contribution in [0.1, 0.15) is 23.8 Å². The molecule has 1 aliphatic carbocycles. The number of nitrogens with zero attached hydrogens (tertiary/aromatic N) is 6. The van der Waals surface area contributed by atoms with Gasteiger partial charge >= 0.3 is 6.18 Å². The molecule has 1 saturated carbocycles. The lowest BCUT2D eigenvalue weighted by atomic mass is 9.95. The van der Waals surface area contributed by atoms with Gasteiger partial charge in [-0.2, -0.15) is 18.4 Å². The third-order valence-corrected chi connectivity index (χ3v) is 7.41. The number of halogens is 3. The van der Waals surface area contributed by atoms with Gasteiger partial charge in [-0.15, -0.1) is 10.2 Å². The predicted molar refractivity (Wildman–Crippen MR) is 114 cm³/mol. The van der Waals surface area contributed by atoms with Crippen LogP contribution in [0.15, 0.2) is 34.9 Å². The van der Waals surface area contributed by atoms with Crippen LogP contribution in [0.4, 0.5) is 18.9 Å². The summed E-state index contributed by atoms with van der Waals surface area (Å²) >= 11 is 0. The van der Waals surface area contributed by atoms with Crippen molar-refractivity contribution in [2.45, 2.75) is 24.6 Å². The summed E-state index contributed by atoms with van der Waals surface area (Å²) in [7, 11) is 0. The Morgan fingerprint density at radius 1 is 1.12 bits per heavy atom. The molecule has 3 aliphatic rings. The Balaban J connectivity index is 1.35. The summed E-state index contributed by atoms with van der Waals surface area (Å²) in [6.45, 7) is 2.90. The van der Waals surface area contributed by atoms with Crippen LogP contribution >= 0.6 is 0 Å². The molecule has 0 spiro atoms. The molecular formula is C23H21F3N6O2. The number of aromatic nitrogens is 3. The maximum Gasteiger partial charge on any atom is 0.397 e. The van der Waals surface area contributed by atoms with Crippen molar-refractivity contribution in [3.05, 3.63) is 47.8 Å². The van der Waals surface area contributed by atoms with Crippen LogP contribution in [0, 0.1) is 16.7 Å². The summed E-state index contributed by atoms with van der Waals surface area (Å²) < 4.78 is 54.5. The summed E-state index contributed by atoms with van der Waals surface area (Å²) in [6, 6.07) is 8.90. The van der Waals surface area contributed by atoms with E-state index in [1.807, 2.05) is 0 Å². The molecule has 3 aromatic rings. The number of pyridine rings is 1. The van der Waals surface area contributed by atoms with E-state index in [0.29, 0.717) is 60.9 Å². The van der Waals surface area contributed by atoms with Crippen molar-refractivity contribution in [1.29, 1.82) is 5.26 Å². The molecule has 2 aliphatic heterocycles. The van der Waals surface area contributed by atoms with Crippen LogP contribution in [-0.2, 0) is 16.7 Å². The molecule has 2 aromatic heterocycles. The SMILES string of the molecule is N#Cc1ccc(N2C[C@]3(c4nnc(CN5CCOCC5)o4)C[C@]3(C(F)(F)F)C2)c2cccnc12.